The van der Waals surface area contributed by atoms with Gasteiger partial charge in [0.2, 0.25) is 0 Å². The van der Waals surface area contributed by atoms with E-state index in [0.717, 1.165) is 25.0 Å². The molecule has 37 heavy (non-hydrogen) atoms. The van der Waals surface area contributed by atoms with Crippen molar-refractivity contribution in [2.24, 2.45) is 5.92 Å². The summed E-state index contributed by atoms with van der Waals surface area (Å²) in [5.74, 6) is -1.41. The maximum absolute atomic E-state index is 12.8. The zero-order chi connectivity index (χ0) is 27.1. The number of esters is 2. The maximum Gasteiger partial charge on any atom is 0.410 e. The summed E-state index contributed by atoms with van der Waals surface area (Å²) in [6, 6.07) is 3.39. The summed E-state index contributed by atoms with van der Waals surface area (Å²) in [5.41, 5.74) is -1.07. The zero-order valence-electron chi connectivity index (χ0n) is 20.5. The van der Waals surface area contributed by atoms with E-state index in [4.69, 9.17) is 14.2 Å². The number of rotatable bonds is 8. The molecule has 1 heterocycles. The van der Waals surface area contributed by atoms with Crippen molar-refractivity contribution in [2.45, 2.75) is 64.3 Å². The highest BCUT2D eigenvalue weighted by molar-refractivity contribution is 5.87. The minimum atomic E-state index is -0.793. The Morgan fingerprint density at radius 3 is 2.03 bits per heavy atom. The summed E-state index contributed by atoms with van der Waals surface area (Å²) >= 11 is 0. The number of hydrogen-bond acceptors (Lipinski definition) is 10. The smallest absolute Gasteiger partial charge is 0.410 e. The van der Waals surface area contributed by atoms with E-state index in [0.29, 0.717) is 25.7 Å². The van der Waals surface area contributed by atoms with Crippen LogP contribution in [0.3, 0.4) is 0 Å². The van der Waals surface area contributed by atoms with Crippen LogP contribution in [-0.4, -0.2) is 58.1 Å². The van der Waals surface area contributed by atoms with Gasteiger partial charge in [0.25, 0.3) is 11.4 Å². The molecule has 0 N–H and O–H groups in total. The molecule has 3 rings (SSSR count). The van der Waals surface area contributed by atoms with Gasteiger partial charge in [-0.15, -0.1) is 0 Å². The first-order valence-corrected chi connectivity index (χ1v) is 12.0. The molecule has 1 saturated carbocycles. The number of piperidine rings is 1. The summed E-state index contributed by atoms with van der Waals surface area (Å²) in [7, 11) is 0. The van der Waals surface area contributed by atoms with Crippen LogP contribution in [0.5, 0.6) is 0 Å². The van der Waals surface area contributed by atoms with Gasteiger partial charge in [-0.2, -0.15) is 0 Å². The number of nitrogens with zero attached hydrogens (tertiary/aromatic N) is 3. The average molecular weight is 520 g/mol. The van der Waals surface area contributed by atoms with Crippen molar-refractivity contribution in [3.05, 3.63) is 56.1 Å². The molecule has 0 bridgehead atoms. The van der Waals surface area contributed by atoms with Gasteiger partial charge in [-0.05, 0) is 51.5 Å². The van der Waals surface area contributed by atoms with Crippen LogP contribution in [0.4, 0.5) is 16.2 Å². The lowest BCUT2D eigenvalue weighted by Crippen LogP contribution is -2.43. The third-order valence-electron chi connectivity index (χ3n) is 6.46. The molecule has 2 aliphatic rings. The van der Waals surface area contributed by atoms with Crippen molar-refractivity contribution in [1.29, 1.82) is 0 Å². The first-order chi connectivity index (χ1) is 17.6. The molecule has 0 radical (unpaired) electrons. The normalized spacial score (nSPS) is 20.0. The topological polar surface area (TPSA) is 168 Å². The van der Waals surface area contributed by atoms with Gasteiger partial charge in [-0.1, -0.05) is 6.58 Å². The summed E-state index contributed by atoms with van der Waals surface area (Å²) in [6.07, 6.45) is 1.65. The lowest BCUT2D eigenvalue weighted by Gasteiger charge is -2.34. The number of ether oxygens (including phenoxy) is 3. The lowest BCUT2D eigenvalue weighted by atomic mass is 9.93. The number of hydrogen-bond donors (Lipinski definition) is 0. The van der Waals surface area contributed by atoms with Crippen molar-refractivity contribution in [1.82, 2.24) is 4.90 Å². The number of nitro groups is 2. The first kappa shape index (κ1) is 27.6. The van der Waals surface area contributed by atoms with E-state index in [9.17, 15) is 34.6 Å². The van der Waals surface area contributed by atoms with E-state index >= 15 is 0 Å². The van der Waals surface area contributed by atoms with Gasteiger partial charge in [-0.3, -0.25) is 25.0 Å². The van der Waals surface area contributed by atoms with Crippen LogP contribution >= 0.6 is 0 Å². The molecule has 1 aliphatic carbocycles. The van der Waals surface area contributed by atoms with Gasteiger partial charge in [0, 0.05) is 30.8 Å². The number of amides is 1. The minimum Gasteiger partial charge on any atom is -0.458 e. The largest absolute Gasteiger partial charge is 0.458 e. The van der Waals surface area contributed by atoms with Crippen molar-refractivity contribution in [3.63, 3.8) is 0 Å². The summed E-state index contributed by atoms with van der Waals surface area (Å²) < 4.78 is 16.3. The molecule has 200 valence electrons. The van der Waals surface area contributed by atoms with Gasteiger partial charge in [0.05, 0.1) is 15.8 Å². The standard InChI is InChI=1S/C24H29N3O10/c1-15(2)22(28)36-20-8-3-4-9-21(20)37-23(29)16-10-12-25(13-11-16)24(30)35-14-17-18(26(31)32)6-5-7-19(17)27(33)34/h5-7,16,20-21H,1,3-4,8-14H2,2H3. The number of carbonyl (C=O) groups is 3. The van der Waals surface area contributed by atoms with E-state index in [1.165, 1.54) is 11.0 Å². The Bertz CT molecular complexity index is 1050. The minimum absolute atomic E-state index is 0.177. The summed E-state index contributed by atoms with van der Waals surface area (Å²) in [6.45, 7) is 4.84. The Labute approximate surface area is 212 Å². The van der Waals surface area contributed by atoms with E-state index in [-0.39, 0.29) is 24.2 Å². The average Bonchev–Trinajstić information content (AvgIpc) is 2.87. The van der Waals surface area contributed by atoms with Crippen LogP contribution in [0.1, 0.15) is 51.0 Å². The summed E-state index contributed by atoms with van der Waals surface area (Å²) in [4.78, 5) is 59.5. The van der Waals surface area contributed by atoms with Crippen molar-refractivity contribution in [2.75, 3.05) is 13.1 Å². The second-order valence-corrected chi connectivity index (χ2v) is 9.09. The highest BCUT2D eigenvalue weighted by Crippen LogP contribution is 2.30. The molecular weight excluding hydrogens is 490 g/mol. The number of likely N-dealkylation sites (tertiary alicyclic amines) is 1. The van der Waals surface area contributed by atoms with Crippen LogP contribution in [0.2, 0.25) is 0 Å². The fourth-order valence-corrected chi connectivity index (χ4v) is 4.39. The molecule has 13 nitrogen and oxygen atoms in total. The van der Waals surface area contributed by atoms with Crippen molar-refractivity contribution in [3.8, 4) is 0 Å². The Balaban J connectivity index is 1.52. The molecule has 2 unspecified atom stereocenters. The monoisotopic (exact) mass is 519 g/mol. The van der Waals surface area contributed by atoms with Crippen LogP contribution in [-0.2, 0) is 30.4 Å². The summed E-state index contributed by atoms with van der Waals surface area (Å²) in [5, 5.41) is 22.5. The maximum atomic E-state index is 12.8. The molecule has 1 amide bonds. The van der Waals surface area contributed by atoms with Crippen LogP contribution in [0, 0.1) is 26.1 Å². The second-order valence-electron chi connectivity index (χ2n) is 9.09. The molecule has 1 saturated heterocycles. The third-order valence-corrected chi connectivity index (χ3v) is 6.46. The highest BCUT2D eigenvalue weighted by Gasteiger charge is 2.36. The molecule has 1 aliphatic heterocycles. The van der Waals surface area contributed by atoms with Crippen LogP contribution in [0.15, 0.2) is 30.4 Å². The van der Waals surface area contributed by atoms with Gasteiger partial charge in [0.1, 0.15) is 24.4 Å². The second kappa shape index (κ2) is 12.3. The lowest BCUT2D eigenvalue weighted by molar-refractivity contribution is -0.396. The van der Waals surface area contributed by atoms with Gasteiger partial charge in [-0.25, -0.2) is 9.59 Å². The predicted molar refractivity (Wildman–Crippen MR) is 127 cm³/mol. The molecule has 2 atom stereocenters. The quantitative estimate of drug-likeness (QED) is 0.162. The van der Waals surface area contributed by atoms with Crippen molar-refractivity contribution < 1.29 is 38.4 Å². The number of benzene rings is 1. The predicted octanol–water partition coefficient (Wildman–Crippen LogP) is 3.83. The van der Waals surface area contributed by atoms with Crippen LogP contribution < -0.4 is 0 Å². The van der Waals surface area contributed by atoms with E-state index in [1.807, 2.05) is 0 Å². The number of carbonyl (C=O) groups excluding carboxylic acids is 3. The fraction of sp³-hybridized carbons (Fsp3) is 0.542. The molecule has 0 spiro atoms. The van der Waals surface area contributed by atoms with E-state index in [2.05, 4.69) is 6.58 Å². The zero-order valence-corrected chi connectivity index (χ0v) is 20.5. The molecule has 1 aromatic rings. The molecule has 2 fully saturated rings. The Morgan fingerprint density at radius 2 is 1.51 bits per heavy atom. The Hall–Kier alpha value is -4.03. The Morgan fingerprint density at radius 1 is 0.973 bits per heavy atom. The van der Waals surface area contributed by atoms with Crippen LogP contribution in [0.25, 0.3) is 0 Å². The van der Waals surface area contributed by atoms with E-state index in [1.54, 1.807) is 6.92 Å². The van der Waals surface area contributed by atoms with Crippen molar-refractivity contribution >= 4 is 29.4 Å². The molecule has 1 aromatic carbocycles. The fourth-order valence-electron chi connectivity index (χ4n) is 4.39. The van der Waals surface area contributed by atoms with E-state index < -0.39 is 64.0 Å². The third kappa shape index (κ3) is 7.02. The first-order valence-electron chi connectivity index (χ1n) is 12.0. The molecular formula is C24H29N3O10. The Kier molecular flexibility index (Phi) is 9.15. The SMILES string of the molecule is C=C(C)C(=O)OC1CCCCC1OC(=O)C1CCN(C(=O)OCc2c([N+](=O)[O-])cccc2[N+](=O)[O-])CC1. The van der Waals surface area contributed by atoms with Gasteiger partial charge >= 0.3 is 18.0 Å². The highest BCUT2D eigenvalue weighted by atomic mass is 16.6. The molecule has 0 aromatic heterocycles. The van der Waals surface area contributed by atoms with Gasteiger partial charge in [0.15, 0.2) is 0 Å². The number of nitro benzene ring substituents is 2. The molecule has 13 heteroatoms. The van der Waals surface area contributed by atoms with Gasteiger partial charge < -0.3 is 19.1 Å².